The third-order valence-electron chi connectivity index (χ3n) is 5.04. The predicted octanol–water partition coefficient (Wildman–Crippen LogP) is 1.71. The van der Waals surface area contributed by atoms with Crippen LogP contribution in [0.4, 0.5) is 15.3 Å². The zero-order chi connectivity index (χ0) is 17.4. The Morgan fingerprint density at radius 2 is 1.92 bits per heavy atom. The Bertz CT molecular complexity index is 727. The summed E-state index contributed by atoms with van der Waals surface area (Å²) in [6.45, 7) is 1.89. The van der Waals surface area contributed by atoms with E-state index in [1.165, 1.54) is 0 Å². The standard InChI is InChI=1S/C17H19N3O5/c21-15(11-1-2-13-12(7-11)8-24-16(22)18-13)20-5-3-10(4-6-20)14-9-25-17(23)19-14/h1-2,7,10,14H,3-6,8-9H2,(H,18,22)(H,19,23). The minimum atomic E-state index is -0.475. The highest BCUT2D eigenvalue weighted by Gasteiger charge is 2.34. The Labute approximate surface area is 144 Å². The summed E-state index contributed by atoms with van der Waals surface area (Å²) in [5.41, 5.74) is 2.07. The van der Waals surface area contributed by atoms with Crippen molar-refractivity contribution >= 4 is 23.8 Å². The maximum Gasteiger partial charge on any atom is 0.411 e. The highest BCUT2D eigenvalue weighted by Crippen LogP contribution is 2.26. The topological polar surface area (TPSA) is 97.0 Å². The van der Waals surface area contributed by atoms with Crippen molar-refractivity contribution in [3.8, 4) is 0 Å². The third kappa shape index (κ3) is 3.11. The lowest BCUT2D eigenvalue weighted by Crippen LogP contribution is -2.44. The summed E-state index contributed by atoms with van der Waals surface area (Å²) in [6, 6.07) is 5.29. The van der Waals surface area contributed by atoms with E-state index in [-0.39, 0.29) is 24.6 Å². The molecule has 3 aliphatic rings. The molecule has 1 atom stereocenters. The van der Waals surface area contributed by atoms with Crippen LogP contribution in [-0.2, 0) is 16.1 Å². The van der Waals surface area contributed by atoms with Gasteiger partial charge in [-0.2, -0.15) is 0 Å². The fourth-order valence-electron chi connectivity index (χ4n) is 3.60. The van der Waals surface area contributed by atoms with Gasteiger partial charge >= 0.3 is 12.2 Å². The molecule has 0 bridgehead atoms. The lowest BCUT2D eigenvalue weighted by molar-refractivity contribution is 0.0671. The van der Waals surface area contributed by atoms with Gasteiger partial charge in [0, 0.05) is 24.2 Å². The molecule has 2 saturated heterocycles. The first-order valence-electron chi connectivity index (χ1n) is 8.39. The molecule has 0 radical (unpaired) electrons. The molecule has 132 valence electrons. The van der Waals surface area contributed by atoms with Crippen LogP contribution in [0, 0.1) is 5.92 Å². The zero-order valence-corrected chi connectivity index (χ0v) is 13.6. The molecule has 8 heteroatoms. The van der Waals surface area contributed by atoms with E-state index in [4.69, 9.17) is 9.47 Å². The lowest BCUT2D eigenvalue weighted by Gasteiger charge is -2.34. The summed E-state index contributed by atoms with van der Waals surface area (Å²) in [5, 5.41) is 5.44. The maximum absolute atomic E-state index is 12.7. The van der Waals surface area contributed by atoms with E-state index in [1.807, 2.05) is 4.90 Å². The highest BCUT2D eigenvalue weighted by atomic mass is 16.6. The molecular weight excluding hydrogens is 326 g/mol. The largest absolute Gasteiger partial charge is 0.447 e. The molecule has 2 fully saturated rings. The van der Waals surface area contributed by atoms with Gasteiger partial charge in [-0.05, 0) is 37.0 Å². The van der Waals surface area contributed by atoms with E-state index < -0.39 is 6.09 Å². The van der Waals surface area contributed by atoms with E-state index in [1.54, 1.807) is 18.2 Å². The molecule has 0 aliphatic carbocycles. The molecule has 0 aromatic heterocycles. The normalized spacial score (nSPS) is 23.2. The average Bonchev–Trinajstić information content (AvgIpc) is 3.07. The molecule has 4 rings (SSSR count). The van der Waals surface area contributed by atoms with E-state index in [0.717, 1.165) is 18.4 Å². The summed E-state index contributed by atoms with van der Waals surface area (Å²) in [4.78, 5) is 36.9. The number of carbonyl (C=O) groups is 3. The van der Waals surface area contributed by atoms with Crippen LogP contribution in [-0.4, -0.2) is 48.7 Å². The van der Waals surface area contributed by atoms with E-state index in [9.17, 15) is 14.4 Å². The van der Waals surface area contributed by atoms with Gasteiger partial charge in [-0.3, -0.25) is 10.1 Å². The minimum absolute atomic E-state index is 0.0233. The first kappa shape index (κ1) is 15.7. The van der Waals surface area contributed by atoms with Gasteiger partial charge in [0.25, 0.3) is 5.91 Å². The second-order valence-electron chi connectivity index (χ2n) is 6.55. The van der Waals surface area contributed by atoms with Crippen molar-refractivity contribution in [1.82, 2.24) is 10.2 Å². The number of hydrogen-bond acceptors (Lipinski definition) is 5. The van der Waals surface area contributed by atoms with Gasteiger partial charge in [0.05, 0.1) is 11.7 Å². The first-order valence-corrected chi connectivity index (χ1v) is 8.39. The monoisotopic (exact) mass is 345 g/mol. The number of nitrogens with zero attached hydrogens (tertiary/aromatic N) is 1. The second-order valence-corrected chi connectivity index (χ2v) is 6.55. The minimum Gasteiger partial charge on any atom is -0.447 e. The number of nitrogens with one attached hydrogen (secondary N) is 2. The fraction of sp³-hybridized carbons (Fsp3) is 0.471. The van der Waals surface area contributed by atoms with Gasteiger partial charge in [0.1, 0.15) is 13.2 Å². The summed E-state index contributed by atoms with van der Waals surface area (Å²) in [5.74, 6) is 0.313. The van der Waals surface area contributed by atoms with Gasteiger partial charge in [0.2, 0.25) is 0 Å². The van der Waals surface area contributed by atoms with Crippen LogP contribution in [0.1, 0.15) is 28.8 Å². The Balaban J connectivity index is 1.39. The van der Waals surface area contributed by atoms with Gasteiger partial charge in [-0.1, -0.05) is 0 Å². The smallest absolute Gasteiger partial charge is 0.411 e. The summed E-state index contributed by atoms with van der Waals surface area (Å²) >= 11 is 0. The molecule has 1 aromatic rings. The number of ether oxygens (including phenoxy) is 2. The number of alkyl carbamates (subject to hydrolysis) is 1. The predicted molar refractivity (Wildman–Crippen MR) is 87.1 cm³/mol. The molecular formula is C17H19N3O5. The highest BCUT2D eigenvalue weighted by molar-refractivity contribution is 5.96. The quantitative estimate of drug-likeness (QED) is 0.850. The number of amides is 3. The van der Waals surface area contributed by atoms with Crippen molar-refractivity contribution in [2.75, 3.05) is 25.0 Å². The number of hydrogen-bond donors (Lipinski definition) is 2. The molecule has 3 heterocycles. The summed E-state index contributed by atoms with van der Waals surface area (Å²) in [6.07, 6.45) is 0.845. The van der Waals surface area contributed by atoms with E-state index in [2.05, 4.69) is 10.6 Å². The Morgan fingerprint density at radius 1 is 1.12 bits per heavy atom. The third-order valence-corrected chi connectivity index (χ3v) is 5.04. The zero-order valence-electron chi connectivity index (χ0n) is 13.6. The van der Waals surface area contributed by atoms with E-state index in [0.29, 0.717) is 36.9 Å². The number of cyclic esters (lactones) is 2. The van der Waals surface area contributed by atoms with E-state index >= 15 is 0 Å². The molecule has 1 unspecified atom stereocenters. The summed E-state index contributed by atoms with van der Waals surface area (Å²) < 4.78 is 9.89. The van der Waals surface area contributed by atoms with Crippen LogP contribution in [0.3, 0.4) is 0 Å². The maximum atomic E-state index is 12.7. The Hall–Kier alpha value is -2.77. The lowest BCUT2D eigenvalue weighted by atomic mass is 9.89. The Morgan fingerprint density at radius 3 is 2.64 bits per heavy atom. The molecule has 0 saturated carbocycles. The van der Waals surface area contributed by atoms with Crippen molar-refractivity contribution < 1.29 is 23.9 Å². The number of rotatable bonds is 2. The Kier molecular flexibility index (Phi) is 3.95. The van der Waals surface area contributed by atoms with Crippen LogP contribution in [0.5, 0.6) is 0 Å². The number of carbonyl (C=O) groups excluding carboxylic acids is 3. The number of anilines is 1. The molecule has 0 spiro atoms. The fourth-order valence-corrected chi connectivity index (χ4v) is 3.60. The molecule has 1 aromatic carbocycles. The molecule has 8 nitrogen and oxygen atoms in total. The van der Waals surface area contributed by atoms with Gasteiger partial charge in [-0.25, -0.2) is 9.59 Å². The van der Waals surface area contributed by atoms with Gasteiger partial charge in [-0.15, -0.1) is 0 Å². The first-order chi connectivity index (χ1) is 12.1. The molecule has 25 heavy (non-hydrogen) atoms. The van der Waals surface area contributed by atoms with Crippen LogP contribution in [0.2, 0.25) is 0 Å². The van der Waals surface area contributed by atoms with Crippen molar-refractivity contribution in [3.63, 3.8) is 0 Å². The number of benzene rings is 1. The van der Waals surface area contributed by atoms with Crippen LogP contribution in [0.25, 0.3) is 0 Å². The number of fused-ring (bicyclic) bond motifs is 1. The van der Waals surface area contributed by atoms with Gasteiger partial charge < -0.3 is 19.7 Å². The van der Waals surface area contributed by atoms with Gasteiger partial charge in [0.15, 0.2) is 0 Å². The SMILES string of the molecule is O=C1Nc2ccc(C(=O)N3CCC(C4COC(=O)N4)CC3)cc2CO1. The molecule has 2 N–H and O–H groups in total. The van der Waals surface area contributed by atoms with Crippen LogP contribution in [0.15, 0.2) is 18.2 Å². The summed E-state index contributed by atoms with van der Waals surface area (Å²) in [7, 11) is 0. The number of piperidine rings is 1. The molecule has 3 aliphatic heterocycles. The van der Waals surface area contributed by atoms with Crippen molar-refractivity contribution in [1.29, 1.82) is 0 Å². The van der Waals surface area contributed by atoms with Crippen LogP contribution < -0.4 is 10.6 Å². The van der Waals surface area contributed by atoms with Crippen molar-refractivity contribution in [2.24, 2.45) is 5.92 Å². The average molecular weight is 345 g/mol. The van der Waals surface area contributed by atoms with Crippen molar-refractivity contribution in [3.05, 3.63) is 29.3 Å². The van der Waals surface area contributed by atoms with Crippen LogP contribution >= 0.6 is 0 Å². The van der Waals surface area contributed by atoms with Crippen molar-refractivity contribution in [2.45, 2.75) is 25.5 Å². The second kappa shape index (κ2) is 6.27. The number of likely N-dealkylation sites (tertiary alicyclic amines) is 1. The molecule has 3 amide bonds.